The molecule has 0 aromatic heterocycles. The van der Waals surface area contributed by atoms with E-state index in [0.29, 0.717) is 0 Å². The maximum atomic E-state index is 9.46. The molecule has 1 atom stereocenters. The number of hydrogen-bond acceptors (Lipinski definition) is 2. The average Bonchev–Trinajstić information content (AvgIpc) is 2.62. The predicted molar refractivity (Wildman–Crippen MR) is 69.6 cm³/mol. The van der Waals surface area contributed by atoms with Crippen LogP contribution in [0.5, 0.6) is 0 Å². The summed E-state index contributed by atoms with van der Waals surface area (Å²) < 4.78 is 0. The molecule has 1 aromatic carbocycles. The quantitative estimate of drug-likeness (QED) is 0.775. The van der Waals surface area contributed by atoms with Crippen LogP contribution in [0.2, 0.25) is 0 Å². The largest absolute Gasteiger partial charge is 0.284 e. The Labute approximate surface area is 104 Å². The number of rotatable bonds is 2. The van der Waals surface area contributed by atoms with Crippen LogP contribution in [0.25, 0.3) is 0 Å². The molecule has 1 saturated heterocycles. The lowest BCUT2D eigenvalue weighted by Crippen LogP contribution is -2.29. The molecular weight excluding hydrogens is 208 g/mol. The topological polar surface area (TPSA) is 27.0 Å². The molecule has 1 heterocycles. The molecule has 2 nitrogen and oxygen atoms in total. The van der Waals surface area contributed by atoms with Gasteiger partial charge in [-0.1, -0.05) is 37.1 Å². The highest BCUT2D eigenvalue weighted by Crippen LogP contribution is 2.25. The second-order valence-corrected chi connectivity index (χ2v) is 4.84. The zero-order valence-corrected chi connectivity index (χ0v) is 10.5. The summed E-state index contributed by atoms with van der Waals surface area (Å²) in [6.07, 6.45) is 5.07. The molecule has 90 valence electrons. The van der Waals surface area contributed by atoms with E-state index in [-0.39, 0.29) is 6.04 Å². The van der Waals surface area contributed by atoms with Crippen molar-refractivity contribution < 1.29 is 0 Å². The Morgan fingerprint density at radius 2 is 1.76 bits per heavy atom. The average molecular weight is 228 g/mol. The highest BCUT2D eigenvalue weighted by Gasteiger charge is 2.21. The summed E-state index contributed by atoms with van der Waals surface area (Å²) in [5.41, 5.74) is 2.40. The van der Waals surface area contributed by atoms with Crippen LogP contribution in [0.1, 0.15) is 42.9 Å². The minimum absolute atomic E-state index is 0.0608. The van der Waals surface area contributed by atoms with Gasteiger partial charge in [-0.05, 0) is 44.0 Å². The fourth-order valence-electron chi connectivity index (χ4n) is 2.59. The van der Waals surface area contributed by atoms with E-state index in [1.165, 1.54) is 36.8 Å². The lowest BCUT2D eigenvalue weighted by Gasteiger charge is -2.26. The van der Waals surface area contributed by atoms with Gasteiger partial charge < -0.3 is 0 Å². The van der Waals surface area contributed by atoms with Gasteiger partial charge in [-0.15, -0.1) is 0 Å². The van der Waals surface area contributed by atoms with Crippen molar-refractivity contribution in [2.75, 3.05) is 13.1 Å². The minimum Gasteiger partial charge on any atom is -0.284 e. The van der Waals surface area contributed by atoms with Gasteiger partial charge in [-0.3, -0.25) is 4.90 Å². The smallest absolute Gasteiger partial charge is 0.124 e. The molecule has 1 aliphatic heterocycles. The molecule has 0 N–H and O–H groups in total. The number of nitrogens with zero attached hydrogens (tertiary/aromatic N) is 2. The third-order valence-corrected chi connectivity index (χ3v) is 3.61. The maximum Gasteiger partial charge on any atom is 0.124 e. The predicted octanol–water partition coefficient (Wildman–Crippen LogP) is 3.44. The van der Waals surface area contributed by atoms with E-state index >= 15 is 0 Å². The van der Waals surface area contributed by atoms with Crippen LogP contribution in [0.3, 0.4) is 0 Å². The summed E-state index contributed by atoms with van der Waals surface area (Å²) in [6, 6.07) is 10.7. The Morgan fingerprint density at radius 3 is 2.35 bits per heavy atom. The Morgan fingerprint density at radius 1 is 1.12 bits per heavy atom. The van der Waals surface area contributed by atoms with Crippen molar-refractivity contribution >= 4 is 0 Å². The Kier molecular flexibility index (Phi) is 4.17. The van der Waals surface area contributed by atoms with Crippen LogP contribution < -0.4 is 0 Å². The van der Waals surface area contributed by atoms with Crippen molar-refractivity contribution in [3.63, 3.8) is 0 Å². The fourth-order valence-corrected chi connectivity index (χ4v) is 2.59. The van der Waals surface area contributed by atoms with E-state index in [1.807, 2.05) is 12.1 Å². The van der Waals surface area contributed by atoms with Crippen molar-refractivity contribution in [3.8, 4) is 6.07 Å². The van der Waals surface area contributed by atoms with E-state index in [4.69, 9.17) is 0 Å². The molecule has 0 spiro atoms. The van der Waals surface area contributed by atoms with E-state index in [9.17, 15) is 5.26 Å². The van der Waals surface area contributed by atoms with Crippen molar-refractivity contribution in [2.24, 2.45) is 0 Å². The monoisotopic (exact) mass is 228 g/mol. The number of nitriles is 1. The number of likely N-dealkylation sites (tertiary alicyclic amines) is 1. The molecule has 2 heteroatoms. The van der Waals surface area contributed by atoms with Crippen LogP contribution >= 0.6 is 0 Å². The summed E-state index contributed by atoms with van der Waals surface area (Å²) >= 11 is 0. The van der Waals surface area contributed by atoms with Crippen molar-refractivity contribution in [1.82, 2.24) is 4.90 Å². The van der Waals surface area contributed by atoms with Crippen LogP contribution in [-0.2, 0) is 0 Å². The molecule has 1 aliphatic rings. The molecule has 0 saturated carbocycles. The summed E-state index contributed by atoms with van der Waals surface area (Å²) in [5, 5.41) is 9.46. The highest BCUT2D eigenvalue weighted by molar-refractivity contribution is 5.32. The van der Waals surface area contributed by atoms with Crippen LogP contribution in [-0.4, -0.2) is 18.0 Å². The van der Waals surface area contributed by atoms with Gasteiger partial charge in [0.2, 0.25) is 0 Å². The van der Waals surface area contributed by atoms with Crippen molar-refractivity contribution in [2.45, 2.75) is 38.6 Å². The molecule has 0 amide bonds. The summed E-state index contributed by atoms with van der Waals surface area (Å²) in [6.45, 7) is 4.22. The summed E-state index contributed by atoms with van der Waals surface area (Å²) in [5.74, 6) is 0. The van der Waals surface area contributed by atoms with Gasteiger partial charge in [0.25, 0.3) is 0 Å². The summed E-state index contributed by atoms with van der Waals surface area (Å²) in [4.78, 5) is 2.34. The molecule has 1 aromatic rings. The fraction of sp³-hybridized carbons (Fsp3) is 0.533. The SMILES string of the molecule is Cc1ccccc1C(C#N)N1CCCCCC1. The standard InChI is InChI=1S/C15H20N2/c1-13-8-4-5-9-14(13)15(12-16)17-10-6-2-3-7-11-17/h4-5,8-9,15H,2-3,6-7,10-11H2,1H3. The van der Waals surface area contributed by atoms with Crippen molar-refractivity contribution in [1.29, 1.82) is 5.26 Å². The van der Waals surface area contributed by atoms with Crippen LogP contribution in [0.15, 0.2) is 24.3 Å². The van der Waals surface area contributed by atoms with Crippen molar-refractivity contribution in [3.05, 3.63) is 35.4 Å². The second kappa shape index (κ2) is 5.84. The third kappa shape index (κ3) is 2.87. The normalized spacial score (nSPS) is 19.3. The van der Waals surface area contributed by atoms with Gasteiger partial charge in [-0.2, -0.15) is 5.26 Å². The van der Waals surface area contributed by atoms with Crippen LogP contribution in [0, 0.1) is 18.3 Å². The summed E-state index contributed by atoms with van der Waals surface area (Å²) in [7, 11) is 0. The van der Waals surface area contributed by atoms with Crippen LogP contribution in [0.4, 0.5) is 0 Å². The van der Waals surface area contributed by atoms with E-state index in [0.717, 1.165) is 13.1 Å². The highest BCUT2D eigenvalue weighted by atomic mass is 15.2. The molecule has 2 rings (SSSR count). The first-order valence-electron chi connectivity index (χ1n) is 6.52. The number of aryl methyl sites for hydroxylation is 1. The van der Waals surface area contributed by atoms with Gasteiger partial charge in [0.1, 0.15) is 6.04 Å². The van der Waals surface area contributed by atoms with Gasteiger partial charge in [0.05, 0.1) is 6.07 Å². The molecule has 0 bridgehead atoms. The number of benzene rings is 1. The Balaban J connectivity index is 2.21. The molecule has 0 radical (unpaired) electrons. The first-order valence-corrected chi connectivity index (χ1v) is 6.52. The third-order valence-electron chi connectivity index (χ3n) is 3.61. The first-order chi connectivity index (χ1) is 8.33. The Bertz CT molecular complexity index is 398. The molecule has 1 fully saturated rings. The zero-order chi connectivity index (χ0) is 12.1. The molecule has 17 heavy (non-hydrogen) atoms. The Hall–Kier alpha value is -1.33. The molecular formula is C15H20N2. The van der Waals surface area contributed by atoms with E-state index in [2.05, 4.69) is 30.0 Å². The zero-order valence-electron chi connectivity index (χ0n) is 10.5. The van der Waals surface area contributed by atoms with Gasteiger partial charge in [0, 0.05) is 0 Å². The minimum atomic E-state index is -0.0608. The second-order valence-electron chi connectivity index (χ2n) is 4.84. The van der Waals surface area contributed by atoms with Gasteiger partial charge in [0.15, 0.2) is 0 Å². The first kappa shape index (κ1) is 12.1. The maximum absolute atomic E-state index is 9.46. The number of hydrogen-bond donors (Lipinski definition) is 0. The lowest BCUT2D eigenvalue weighted by molar-refractivity contribution is 0.245. The lowest BCUT2D eigenvalue weighted by atomic mass is 10.0. The van der Waals surface area contributed by atoms with E-state index < -0.39 is 0 Å². The molecule has 0 aliphatic carbocycles. The van der Waals surface area contributed by atoms with Gasteiger partial charge in [-0.25, -0.2) is 0 Å². The van der Waals surface area contributed by atoms with E-state index in [1.54, 1.807) is 0 Å². The molecule has 1 unspecified atom stereocenters. The van der Waals surface area contributed by atoms with Gasteiger partial charge >= 0.3 is 0 Å².